The highest BCUT2D eigenvalue weighted by Gasteiger charge is 2.37. The Balaban J connectivity index is 2.37. The molecule has 1 heterocycles. The number of nitrogens with zero attached hydrogens (tertiary/aromatic N) is 3. The Bertz CT molecular complexity index is 837. The van der Waals surface area contributed by atoms with Gasteiger partial charge in [0.1, 0.15) is 6.33 Å². The highest BCUT2D eigenvalue weighted by molar-refractivity contribution is 9.12. The van der Waals surface area contributed by atoms with Crippen molar-refractivity contribution in [2.45, 2.75) is 30.1 Å². The second-order valence-corrected chi connectivity index (χ2v) is 8.05. The van der Waals surface area contributed by atoms with Crippen molar-refractivity contribution in [2.24, 2.45) is 5.92 Å². The molecular weight excluding hydrogens is 540 g/mol. The van der Waals surface area contributed by atoms with Crippen LogP contribution in [0.25, 0.3) is 11.4 Å². The van der Waals surface area contributed by atoms with Crippen molar-refractivity contribution in [3.63, 3.8) is 0 Å². The molecule has 0 spiro atoms. The zero-order valence-corrected chi connectivity index (χ0v) is 17.5. The third kappa shape index (κ3) is 6.43. The zero-order chi connectivity index (χ0) is 22.0. The summed E-state index contributed by atoms with van der Waals surface area (Å²) in [6.45, 7) is -0.150. The topological polar surface area (TPSA) is 68.0 Å². The zero-order valence-electron chi connectivity index (χ0n) is 14.3. The van der Waals surface area contributed by atoms with Crippen LogP contribution in [-0.4, -0.2) is 36.0 Å². The van der Waals surface area contributed by atoms with Crippen molar-refractivity contribution < 1.29 is 36.2 Å². The van der Waals surface area contributed by atoms with Crippen LogP contribution in [0.2, 0.25) is 0 Å². The molecule has 0 radical (unpaired) electrons. The SMILES string of the molecule is O=C(O)C(CC(Br)CBr)Cn1cnc(-c2cc(C(F)(F)F)cc(C(F)(F)F)c2)n1. The van der Waals surface area contributed by atoms with E-state index in [1.807, 2.05) is 0 Å². The summed E-state index contributed by atoms with van der Waals surface area (Å²) in [6, 6.07) is 1.04. The minimum Gasteiger partial charge on any atom is -0.481 e. The Morgan fingerprint density at radius 2 is 1.66 bits per heavy atom. The number of hydrogen-bond acceptors (Lipinski definition) is 3. The number of aliphatic carboxylic acids is 1. The molecule has 2 rings (SSSR count). The van der Waals surface area contributed by atoms with Gasteiger partial charge in [-0.05, 0) is 24.6 Å². The number of aromatic nitrogens is 3. The van der Waals surface area contributed by atoms with Crippen LogP contribution in [0.3, 0.4) is 0 Å². The minimum atomic E-state index is -4.99. The maximum Gasteiger partial charge on any atom is 0.416 e. The van der Waals surface area contributed by atoms with Gasteiger partial charge in [-0.25, -0.2) is 4.98 Å². The van der Waals surface area contributed by atoms with Gasteiger partial charge in [0.25, 0.3) is 0 Å². The summed E-state index contributed by atoms with van der Waals surface area (Å²) < 4.78 is 79.0. The first-order valence-electron chi connectivity index (χ1n) is 7.93. The molecule has 1 N–H and O–H groups in total. The summed E-state index contributed by atoms with van der Waals surface area (Å²) in [5.74, 6) is -2.38. The standard InChI is InChI=1S/C16H13Br2F6N3O2/c17-5-12(18)3-9(14(28)29)6-27-7-25-13(26-27)8-1-10(15(19,20)21)4-11(2-8)16(22,23)24/h1-2,4,7,9,12H,3,5-6H2,(H,28,29). The summed E-state index contributed by atoms with van der Waals surface area (Å²) in [4.78, 5) is 15.0. The van der Waals surface area contributed by atoms with Crippen molar-refractivity contribution in [1.82, 2.24) is 14.8 Å². The highest BCUT2D eigenvalue weighted by atomic mass is 79.9. The smallest absolute Gasteiger partial charge is 0.416 e. The third-order valence-electron chi connectivity index (χ3n) is 3.85. The maximum atomic E-state index is 13.0. The van der Waals surface area contributed by atoms with Crippen LogP contribution >= 0.6 is 31.9 Å². The van der Waals surface area contributed by atoms with Crippen LogP contribution < -0.4 is 0 Å². The van der Waals surface area contributed by atoms with Gasteiger partial charge in [-0.2, -0.15) is 31.4 Å². The monoisotopic (exact) mass is 551 g/mol. The number of carboxylic acids is 1. The molecule has 2 aromatic rings. The molecule has 2 atom stereocenters. The molecule has 0 aliphatic carbocycles. The molecule has 5 nitrogen and oxygen atoms in total. The molecular formula is C16H13Br2F6N3O2. The van der Waals surface area contributed by atoms with Gasteiger partial charge in [-0.15, -0.1) is 0 Å². The predicted octanol–water partition coefficient (Wildman–Crippen LogP) is 5.23. The van der Waals surface area contributed by atoms with Crippen LogP contribution in [0.1, 0.15) is 17.5 Å². The molecule has 0 bridgehead atoms. The first-order chi connectivity index (χ1) is 13.3. The van der Waals surface area contributed by atoms with Gasteiger partial charge in [0.15, 0.2) is 5.82 Å². The lowest BCUT2D eigenvalue weighted by atomic mass is 10.0. The summed E-state index contributed by atoms with van der Waals surface area (Å²) in [6.07, 6.45) is -8.70. The summed E-state index contributed by atoms with van der Waals surface area (Å²) >= 11 is 6.49. The second kappa shape index (κ2) is 9.02. The normalized spacial score (nSPS) is 14.6. The van der Waals surface area contributed by atoms with Crippen LogP contribution in [0.5, 0.6) is 0 Å². The number of carboxylic acid groups (broad SMARTS) is 1. The molecule has 0 saturated carbocycles. The van der Waals surface area contributed by atoms with Crippen LogP contribution in [0, 0.1) is 5.92 Å². The summed E-state index contributed by atoms with van der Waals surface area (Å²) in [7, 11) is 0. The molecule has 0 fully saturated rings. The van der Waals surface area contributed by atoms with Crippen LogP contribution in [-0.2, 0) is 23.7 Å². The predicted molar refractivity (Wildman–Crippen MR) is 97.7 cm³/mol. The molecule has 13 heteroatoms. The van der Waals surface area contributed by atoms with Crippen molar-refractivity contribution in [2.75, 3.05) is 5.33 Å². The lowest BCUT2D eigenvalue weighted by Crippen LogP contribution is -2.24. The van der Waals surface area contributed by atoms with E-state index in [9.17, 15) is 36.2 Å². The van der Waals surface area contributed by atoms with E-state index in [1.54, 1.807) is 0 Å². The molecule has 0 amide bonds. The number of rotatable bonds is 7. The maximum absolute atomic E-state index is 13.0. The summed E-state index contributed by atoms with van der Waals surface area (Å²) in [5.41, 5.74) is -3.44. The number of benzene rings is 1. The second-order valence-electron chi connectivity index (χ2n) is 6.11. The van der Waals surface area contributed by atoms with Gasteiger partial charge in [0.2, 0.25) is 0 Å². The average Bonchev–Trinajstić information content (AvgIpc) is 3.07. The van der Waals surface area contributed by atoms with E-state index >= 15 is 0 Å². The largest absolute Gasteiger partial charge is 0.481 e. The number of halogens is 8. The molecule has 0 saturated heterocycles. The lowest BCUT2D eigenvalue weighted by molar-refractivity contribution is -0.144. The first kappa shape index (κ1) is 23.6. The first-order valence-corrected chi connectivity index (χ1v) is 9.97. The highest BCUT2D eigenvalue weighted by Crippen LogP contribution is 2.38. The molecule has 0 aliphatic rings. The molecule has 2 unspecified atom stereocenters. The molecule has 160 valence electrons. The minimum absolute atomic E-state index is 0.0113. The van der Waals surface area contributed by atoms with Gasteiger partial charge in [-0.3, -0.25) is 9.48 Å². The Hall–Kier alpha value is -1.63. The van der Waals surface area contributed by atoms with E-state index in [0.29, 0.717) is 17.5 Å². The Morgan fingerprint density at radius 1 is 1.10 bits per heavy atom. The van der Waals surface area contributed by atoms with E-state index < -0.39 is 40.9 Å². The van der Waals surface area contributed by atoms with Gasteiger partial charge in [-0.1, -0.05) is 31.9 Å². The average molecular weight is 553 g/mol. The number of hydrogen-bond donors (Lipinski definition) is 1. The van der Waals surface area contributed by atoms with Crippen molar-refractivity contribution in [3.05, 3.63) is 35.7 Å². The van der Waals surface area contributed by atoms with E-state index in [4.69, 9.17) is 0 Å². The van der Waals surface area contributed by atoms with Gasteiger partial charge in [0.05, 0.1) is 23.6 Å². The number of alkyl halides is 8. The fourth-order valence-corrected chi connectivity index (χ4v) is 3.17. The van der Waals surface area contributed by atoms with E-state index in [1.165, 1.54) is 0 Å². The Labute approximate surface area is 177 Å². The van der Waals surface area contributed by atoms with Gasteiger partial charge in [0, 0.05) is 15.7 Å². The van der Waals surface area contributed by atoms with Crippen molar-refractivity contribution in [1.29, 1.82) is 0 Å². The Morgan fingerprint density at radius 3 is 2.10 bits per heavy atom. The van der Waals surface area contributed by atoms with Gasteiger partial charge >= 0.3 is 18.3 Å². The molecule has 1 aromatic carbocycles. The van der Waals surface area contributed by atoms with Crippen LogP contribution in [0.4, 0.5) is 26.3 Å². The van der Waals surface area contributed by atoms with Crippen molar-refractivity contribution in [3.8, 4) is 11.4 Å². The van der Waals surface area contributed by atoms with E-state index in [0.717, 1.165) is 11.0 Å². The lowest BCUT2D eigenvalue weighted by Gasteiger charge is -2.14. The van der Waals surface area contributed by atoms with Gasteiger partial charge < -0.3 is 5.11 Å². The molecule has 0 aliphatic heterocycles. The number of carbonyl (C=O) groups is 1. The van der Waals surface area contributed by atoms with Crippen molar-refractivity contribution >= 4 is 37.8 Å². The summed E-state index contributed by atoms with van der Waals surface area (Å²) in [5, 5.41) is 13.7. The quantitative estimate of drug-likeness (QED) is 0.377. The third-order valence-corrected chi connectivity index (χ3v) is 6.19. The molecule has 29 heavy (non-hydrogen) atoms. The molecule has 1 aromatic heterocycles. The fourth-order valence-electron chi connectivity index (χ4n) is 2.45. The van der Waals surface area contributed by atoms with Crippen LogP contribution in [0.15, 0.2) is 24.5 Å². The Kier molecular flexibility index (Phi) is 7.36. The van der Waals surface area contributed by atoms with E-state index in [-0.39, 0.29) is 29.7 Å². The fraction of sp³-hybridized carbons (Fsp3) is 0.438. The van der Waals surface area contributed by atoms with E-state index in [2.05, 4.69) is 41.9 Å².